The minimum Gasteiger partial charge on any atom is -0.478 e. The summed E-state index contributed by atoms with van der Waals surface area (Å²) in [4.78, 5) is 46.0. The first-order valence-corrected chi connectivity index (χ1v) is 10.9. The Labute approximate surface area is 183 Å². The van der Waals surface area contributed by atoms with E-state index in [9.17, 15) is 14.4 Å². The summed E-state index contributed by atoms with van der Waals surface area (Å²) in [5.41, 5.74) is 1.12. The van der Waals surface area contributed by atoms with Crippen LogP contribution in [0.5, 0.6) is 0 Å². The van der Waals surface area contributed by atoms with Crippen molar-refractivity contribution in [1.82, 2.24) is 14.8 Å². The molecule has 0 spiro atoms. The first-order valence-electron chi connectivity index (χ1n) is 9.98. The minimum atomic E-state index is -0.981. The number of piperazine rings is 1. The molecular weight excluding hydrogens is 420 g/mol. The molecule has 31 heavy (non-hydrogen) atoms. The number of thiazole rings is 1. The van der Waals surface area contributed by atoms with Crippen molar-refractivity contribution >= 4 is 34.6 Å². The Morgan fingerprint density at radius 1 is 1.16 bits per heavy atom. The summed E-state index contributed by atoms with van der Waals surface area (Å²) in [5, 5.41) is 11.5. The molecule has 2 aromatic rings. The van der Waals surface area contributed by atoms with Gasteiger partial charge in [-0.25, -0.2) is 19.4 Å². The molecule has 1 atom stereocenters. The number of anilines is 1. The van der Waals surface area contributed by atoms with E-state index in [1.165, 1.54) is 23.5 Å². The first kappa shape index (κ1) is 21.1. The number of hydrogen-bond acceptors (Lipinski definition) is 6. The van der Waals surface area contributed by atoms with Crippen molar-refractivity contribution in [3.8, 4) is 11.3 Å². The van der Waals surface area contributed by atoms with Gasteiger partial charge in [-0.15, -0.1) is 11.3 Å². The highest BCUT2D eigenvalue weighted by Crippen LogP contribution is 2.32. The van der Waals surface area contributed by atoms with E-state index in [0.717, 1.165) is 5.56 Å². The number of amides is 3. The van der Waals surface area contributed by atoms with Gasteiger partial charge in [0.25, 0.3) is 0 Å². The Hall–Kier alpha value is -3.14. The van der Waals surface area contributed by atoms with Gasteiger partial charge in [-0.1, -0.05) is 12.1 Å². The molecule has 10 heteroatoms. The Morgan fingerprint density at radius 3 is 2.52 bits per heavy atom. The number of fused-ring (bicyclic) bond motifs is 1. The molecule has 1 aromatic heterocycles. The third-order valence-corrected chi connectivity index (χ3v) is 6.02. The number of hydrogen-bond donors (Lipinski definition) is 1. The van der Waals surface area contributed by atoms with Crippen LogP contribution in [0.2, 0.25) is 0 Å². The quantitative estimate of drug-likeness (QED) is 0.779. The lowest BCUT2D eigenvalue weighted by molar-refractivity contribution is 0.0128. The van der Waals surface area contributed by atoms with Crippen molar-refractivity contribution in [3.05, 3.63) is 35.2 Å². The predicted molar refractivity (Wildman–Crippen MR) is 116 cm³/mol. The van der Waals surface area contributed by atoms with E-state index in [4.69, 9.17) is 9.84 Å². The van der Waals surface area contributed by atoms with Crippen molar-refractivity contribution in [2.75, 3.05) is 31.1 Å². The molecule has 2 aliphatic heterocycles. The maximum Gasteiger partial charge on any atom is 0.410 e. The number of carbonyl (C=O) groups excluding carboxylic acids is 2. The van der Waals surface area contributed by atoms with Crippen LogP contribution in [0.25, 0.3) is 11.3 Å². The van der Waals surface area contributed by atoms with Gasteiger partial charge < -0.3 is 19.6 Å². The molecule has 3 heterocycles. The minimum absolute atomic E-state index is 0.115. The van der Waals surface area contributed by atoms with Crippen molar-refractivity contribution in [1.29, 1.82) is 0 Å². The zero-order valence-corrected chi connectivity index (χ0v) is 18.4. The molecule has 2 fully saturated rings. The fourth-order valence-corrected chi connectivity index (χ4v) is 4.50. The van der Waals surface area contributed by atoms with Gasteiger partial charge >= 0.3 is 18.1 Å². The average Bonchev–Trinajstić information content (AvgIpc) is 3.31. The molecule has 4 rings (SSSR count). The molecule has 1 N–H and O–H groups in total. The molecule has 9 nitrogen and oxygen atoms in total. The number of urea groups is 1. The van der Waals surface area contributed by atoms with Crippen molar-refractivity contribution in [2.24, 2.45) is 0 Å². The van der Waals surface area contributed by atoms with Gasteiger partial charge in [0.05, 0.1) is 23.8 Å². The van der Waals surface area contributed by atoms with E-state index in [0.29, 0.717) is 37.0 Å². The summed E-state index contributed by atoms with van der Waals surface area (Å²) in [6, 6.07) is 6.24. The number of benzene rings is 1. The zero-order chi connectivity index (χ0) is 22.3. The SMILES string of the molecule is CC(C)(C)OC(=O)N1CCN2C(=O)N(c3nc(-c4ccc(C(=O)O)cc4)cs3)C[C@@H]2C1. The van der Waals surface area contributed by atoms with Crippen LogP contribution in [0.15, 0.2) is 29.6 Å². The van der Waals surface area contributed by atoms with Gasteiger partial charge in [0.2, 0.25) is 0 Å². The maximum atomic E-state index is 12.9. The number of ether oxygens (including phenoxy) is 1. The van der Waals surface area contributed by atoms with E-state index >= 15 is 0 Å². The van der Waals surface area contributed by atoms with Crippen molar-refractivity contribution in [2.45, 2.75) is 32.4 Å². The van der Waals surface area contributed by atoms with Crippen LogP contribution in [0, 0.1) is 0 Å². The molecule has 164 valence electrons. The van der Waals surface area contributed by atoms with Crippen LogP contribution in [0.3, 0.4) is 0 Å². The second-order valence-corrected chi connectivity index (χ2v) is 9.40. The lowest BCUT2D eigenvalue weighted by atomic mass is 10.1. The van der Waals surface area contributed by atoms with Crippen molar-refractivity contribution in [3.63, 3.8) is 0 Å². The topological polar surface area (TPSA) is 103 Å². The lowest BCUT2D eigenvalue weighted by Crippen LogP contribution is -2.54. The predicted octanol–water partition coefficient (Wildman–Crippen LogP) is 3.37. The summed E-state index contributed by atoms with van der Waals surface area (Å²) >= 11 is 1.36. The summed E-state index contributed by atoms with van der Waals surface area (Å²) in [5.74, 6) is -0.981. The summed E-state index contributed by atoms with van der Waals surface area (Å²) in [6.45, 7) is 7.25. The highest BCUT2D eigenvalue weighted by Gasteiger charge is 2.43. The Bertz CT molecular complexity index is 1010. The molecule has 2 saturated heterocycles. The fourth-order valence-electron chi connectivity index (χ4n) is 3.66. The van der Waals surface area contributed by atoms with Gasteiger partial charge in [-0.05, 0) is 32.9 Å². The zero-order valence-electron chi connectivity index (χ0n) is 17.6. The van der Waals surface area contributed by atoms with Crippen LogP contribution in [-0.2, 0) is 4.74 Å². The lowest BCUT2D eigenvalue weighted by Gasteiger charge is -2.36. The van der Waals surface area contributed by atoms with Crippen LogP contribution in [0.4, 0.5) is 14.7 Å². The number of carboxylic acids is 1. The Morgan fingerprint density at radius 2 is 1.87 bits per heavy atom. The van der Waals surface area contributed by atoms with E-state index in [1.807, 2.05) is 26.2 Å². The number of nitrogens with zero attached hydrogens (tertiary/aromatic N) is 4. The normalized spacial score (nSPS) is 18.9. The molecule has 2 aliphatic rings. The van der Waals surface area contributed by atoms with Gasteiger partial charge in [0.15, 0.2) is 5.13 Å². The third kappa shape index (κ3) is 4.34. The van der Waals surface area contributed by atoms with Gasteiger partial charge in [0.1, 0.15) is 5.60 Å². The Kier molecular flexibility index (Phi) is 5.34. The second-order valence-electron chi connectivity index (χ2n) is 8.56. The molecule has 0 aliphatic carbocycles. The fraction of sp³-hybridized carbons (Fsp3) is 0.429. The molecule has 0 unspecified atom stereocenters. The monoisotopic (exact) mass is 444 g/mol. The summed E-state index contributed by atoms with van der Waals surface area (Å²) in [6.07, 6.45) is -0.362. The maximum absolute atomic E-state index is 12.9. The van der Waals surface area contributed by atoms with Crippen LogP contribution in [-0.4, -0.2) is 75.8 Å². The standard InChI is InChI=1S/C21H24N4O5S/c1-21(2,3)30-20(29)23-8-9-24-15(10-23)11-25(19(24)28)18-22-16(12-31-18)13-4-6-14(7-5-13)17(26)27/h4-7,12,15H,8-11H2,1-3H3,(H,26,27)/t15-/m0/s1. The van der Waals surface area contributed by atoms with Crippen LogP contribution >= 0.6 is 11.3 Å². The van der Waals surface area contributed by atoms with E-state index in [2.05, 4.69) is 4.98 Å². The molecule has 0 saturated carbocycles. The number of rotatable bonds is 3. The number of carboxylic acid groups (broad SMARTS) is 1. The average molecular weight is 445 g/mol. The van der Waals surface area contributed by atoms with Crippen LogP contribution in [0.1, 0.15) is 31.1 Å². The Balaban J connectivity index is 1.46. The van der Waals surface area contributed by atoms with Crippen molar-refractivity contribution < 1.29 is 24.2 Å². The second kappa shape index (κ2) is 7.84. The largest absolute Gasteiger partial charge is 0.478 e. The van der Waals surface area contributed by atoms with Crippen LogP contribution < -0.4 is 4.90 Å². The smallest absolute Gasteiger partial charge is 0.410 e. The number of carbonyl (C=O) groups is 3. The number of aromatic nitrogens is 1. The third-order valence-electron chi connectivity index (χ3n) is 5.15. The highest BCUT2D eigenvalue weighted by atomic mass is 32.1. The summed E-state index contributed by atoms with van der Waals surface area (Å²) in [7, 11) is 0. The molecular formula is C21H24N4O5S. The van der Waals surface area contributed by atoms with E-state index in [-0.39, 0.29) is 23.7 Å². The molecule has 0 radical (unpaired) electrons. The van der Waals surface area contributed by atoms with E-state index in [1.54, 1.807) is 26.8 Å². The van der Waals surface area contributed by atoms with Gasteiger partial charge in [-0.3, -0.25) is 4.90 Å². The molecule has 3 amide bonds. The van der Waals surface area contributed by atoms with Gasteiger partial charge in [0, 0.05) is 30.6 Å². The highest BCUT2D eigenvalue weighted by molar-refractivity contribution is 7.14. The molecule has 0 bridgehead atoms. The number of aromatic carboxylic acids is 1. The first-order chi connectivity index (χ1) is 14.6. The summed E-state index contributed by atoms with van der Waals surface area (Å²) < 4.78 is 5.46. The molecule has 1 aromatic carbocycles. The van der Waals surface area contributed by atoms with Gasteiger partial charge in [-0.2, -0.15) is 0 Å². The van der Waals surface area contributed by atoms with E-state index < -0.39 is 11.6 Å².